The van der Waals surface area contributed by atoms with Crippen molar-refractivity contribution < 1.29 is 18.3 Å². The van der Waals surface area contributed by atoms with E-state index in [4.69, 9.17) is 5.73 Å². The minimum Gasteiger partial charge on any atom is -0.504 e. The van der Waals surface area contributed by atoms with Gasteiger partial charge in [0.1, 0.15) is 0 Å². The summed E-state index contributed by atoms with van der Waals surface area (Å²) in [4.78, 5) is 4.24. The first-order valence-electron chi connectivity index (χ1n) is 9.03. The Morgan fingerprint density at radius 3 is 2.72 bits per heavy atom. The van der Waals surface area contributed by atoms with Crippen LogP contribution in [0.15, 0.2) is 42.6 Å². The maximum Gasteiger partial charge on any atom is 0.267 e. The number of phenolic OH excluding ortho intramolecular Hbond substituents is 1. The molecule has 0 spiro atoms. The van der Waals surface area contributed by atoms with E-state index in [1.807, 2.05) is 0 Å². The van der Waals surface area contributed by atoms with Crippen LogP contribution in [0.5, 0.6) is 5.75 Å². The summed E-state index contributed by atoms with van der Waals surface area (Å²) in [7, 11) is 0. The summed E-state index contributed by atoms with van der Waals surface area (Å²) < 4.78 is 42.4. The van der Waals surface area contributed by atoms with E-state index in [0.29, 0.717) is 29.8 Å². The molecule has 150 valence electrons. The summed E-state index contributed by atoms with van der Waals surface area (Å²) in [5.74, 6) is -5.12. The minimum atomic E-state index is -2.88. The number of alkyl halides is 2. The fourth-order valence-corrected chi connectivity index (χ4v) is 3.52. The average Bonchev–Trinajstić information content (AvgIpc) is 2.70. The lowest BCUT2D eigenvalue weighted by molar-refractivity contribution is -0.0420. The quantitative estimate of drug-likeness (QED) is 0.623. The van der Waals surface area contributed by atoms with Crippen LogP contribution in [-0.2, 0) is 0 Å². The number of nitrogens with one attached hydrogen (secondary N) is 1. The van der Waals surface area contributed by atoms with Gasteiger partial charge in [-0.15, -0.1) is 10.2 Å². The monoisotopic (exact) mass is 401 g/mol. The number of aromatic hydroxyl groups is 1. The van der Waals surface area contributed by atoms with Gasteiger partial charge in [0, 0.05) is 17.3 Å². The Morgan fingerprint density at radius 1 is 1.10 bits per heavy atom. The third kappa shape index (κ3) is 3.61. The van der Waals surface area contributed by atoms with Crippen molar-refractivity contribution in [1.82, 2.24) is 20.5 Å². The molecule has 0 aliphatic carbocycles. The molecule has 1 aromatic carbocycles. The fourth-order valence-electron chi connectivity index (χ4n) is 3.52. The summed E-state index contributed by atoms with van der Waals surface area (Å²) in [5.41, 5.74) is 7.42. The van der Waals surface area contributed by atoms with Crippen LogP contribution in [0.3, 0.4) is 0 Å². The minimum absolute atomic E-state index is 0.0476. The topological polar surface area (TPSA) is 97.0 Å². The smallest absolute Gasteiger partial charge is 0.267 e. The summed E-state index contributed by atoms with van der Waals surface area (Å²) >= 11 is 0. The number of pyridine rings is 1. The van der Waals surface area contributed by atoms with Crippen molar-refractivity contribution in [2.75, 3.05) is 18.8 Å². The normalized spacial score (nSPS) is 18.5. The molecule has 29 heavy (non-hydrogen) atoms. The first-order valence-corrected chi connectivity index (χ1v) is 9.03. The molecule has 3 aromatic rings. The van der Waals surface area contributed by atoms with Crippen molar-refractivity contribution >= 4 is 5.82 Å². The number of anilines is 1. The Hall–Kier alpha value is -3.20. The van der Waals surface area contributed by atoms with Gasteiger partial charge in [-0.3, -0.25) is 4.98 Å². The zero-order valence-electron chi connectivity index (χ0n) is 15.2. The molecule has 9 heteroatoms. The third-order valence-electron chi connectivity index (χ3n) is 5.03. The van der Waals surface area contributed by atoms with Crippen molar-refractivity contribution in [3.8, 4) is 28.3 Å². The van der Waals surface area contributed by atoms with Gasteiger partial charge >= 0.3 is 0 Å². The molecular weight excluding hydrogens is 383 g/mol. The number of nitrogens with zero attached hydrogens (tertiary/aromatic N) is 3. The van der Waals surface area contributed by atoms with Crippen LogP contribution in [0, 0.1) is 5.82 Å². The molecule has 1 aliphatic heterocycles. The van der Waals surface area contributed by atoms with Crippen LogP contribution in [-0.4, -0.2) is 39.3 Å². The number of aromatic nitrogens is 3. The number of piperidine rings is 1. The van der Waals surface area contributed by atoms with E-state index in [1.165, 1.54) is 24.4 Å². The Labute approximate surface area is 164 Å². The van der Waals surface area contributed by atoms with E-state index < -0.39 is 23.4 Å². The fraction of sp³-hybridized carbons (Fsp3) is 0.250. The molecule has 2 aromatic heterocycles. The molecule has 0 amide bonds. The van der Waals surface area contributed by atoms with Gasteiger partial charge in [-0.05, 0) is 48.9 Å². The molecule has 1 saturated heterocycles. The van der Waals surface area contributed by atoms with Crippen molar-refractivity contribution in [3.05, 3.63) is 54.0 Å². The highest BCUT2D eigenvalue weighted by Crippen LogP contribution is 2.39. The van der Waals surface area contributed by atoms with Crippen LogP contribution in [0.25, 0.3) is 22.5 Å². The number of halogens is 3. The zero-order chi connectivity index (χ0) is 20.6. The molecule has 1 fully saturated rings. The summed E-state index contributed by atoms with van der Waals surface area (Å²) in [5, 5.41) is 20.5. The lowest BCUT2D eigenvalue weighted by Crippen LogP contribution is -2.44. The number of para-hydroxylation sites is 1. The van der Waals surface area contributed by atoms with Crippen LogP contribution in [0.1, 0.15) is 17.9 Å². The molecule has 4 rings (SSSR count). The van der Waals surface area contributed by atoms with Crippen LogP contribution in [0.4, 0.5) is 19.0 Å². The standard InChI is InChI=1S/C20H18F3N5O/c21-15-3-1-2-12(18(15)29)17-9-13(19(24)28-27-17)16-8-11(4-7-26-16)14-5-6-25-10-20(14,22)23/h1-4,7-9,14,25,29H,5-6,10H2,(H2,24,28)/t14-/m1/s1. The number of hydrogen-bond donors (Lipinski definition) is 3. The number of rotatable bonds is 3. The molecule has 0 radical (unpaired) electrons. The van der Waals surface area contributed by atoms with Gasteiger partial charge < -0.3 is 16.2 Å². The molecule has 4 N–H and O–H groups in total. The number of phenols is 1. The highest BCUT2D eigenvalue weighted by molar-refractivity contribution is 5.77. The molecule has 0 bridgehead atoms. The van der Waals surface area contributed by atoms with E-state index in [1.54, 1.807) is 12.1 Å². The van der Waals surface area contributed by atoms with Crippen molar-refractivity contribution in [2.24, 2.45) is 0 Å². The molecule has 0 saturated carbocycles. The average molecular weight is 401 g/mol. The second-order valence-electron chi connectivity index (χ2n) is 6.92. The maximum atomic E-state index is 14.3. The number of nitrogens with two attached hydrogens (primary N) is 1. The van der Waals surface area contributed by atoms with Gasteiger partial charge in [-0.1, -0.05) is 6.07 Å². The van der Waals surface area contributed by atoms with Gasteiger partial charge in [0.15, 0.2) is 17.4 Å². The van der Waals surface area contributed by atoms with Crippen molar-refractivity contribution in [1.29, 1.82) is 0 Å². The summed E-state index contributed by atoms with van der Waals surface area (Å²) in [6.45, 7) is 0.122. The van der Waals surface area contributed by atoms with E-state index in [-0.39, 0.29) is 23.6 Å². The van der Waals surface area contributed by atoms with E-state index in [0.717, 1.165) is 6.07 Å². The molecule has 6 nitrogen and oxygen atoms in total. The highest BCUT2D eigenvalue weighted by Gasteiger charge is 2.42. The summed E-state index contributed by atoms with van der Waals surface area (Å²) in [6, 6.07) is 8.67. The van der Waals surface area contributed by atoms with Crippen LogP contribution < -0.4 is 11.1 Å². The Morgan fingerprint density at radius 2 is 1.93 bits per heavy atom. The second kappa shape index (κ2) is 7.32. The molecule has 0 unspecified atom stereocenters. The maximum absolute atomic E-state index is 14.3. The predicted octanol–water partition coefficient (Wildman–Crippen LogP) is 3.34. The number of hydrogen-bond acceptors (Lipinski definition) is 6. The van der Waals surface area contributed by atoms with Crippen molar-refractivity contribution in [2.45, 2.75) is 18.3 Å². The van der Waals surface area contributed by atoms with Gasteiger partial charge in [0.2, 0.25) is 0 Å². The van der Waals surface area contributed by atoms with Gasteiger partial charge in [-0.25, -0.2) is 13.2 Å². The predicted molar refractivity (Wildman–Crippen MR) is 102 cm³/mol. The summed E-state index contributed by atoms with van der Waals surface area (Å²) in [6.07, 6.45) is 1.74. The van der Waals surface area contributed by atoms with Crippen LogP contribution in [0.2, 0.25) is 0 Å². The second-order valence-corrected chi connectivity index (χ2v) is 6.92. The van der Waals surface area contributed by atoms with E-state index in [2.05, 4.69) is 20.5 Å². The van der Waals surface area contributed by atoms with Gasteiger partial charge in [-0.2, -0.15) is 0 Å². The third-order valence-corrected chi connectivity index (χ3v) is 5.03. The van der Waals surface area contributed by atoms with Gasteiger partial charge in [0.25, 0.3) is 5.92 Å². The van der Waals surface area contributed by atoms with E-state index >= 15 is 0 Å². The Balaban J connectivity index is 1.77. The molecule has 1 aliphatic rings. The largest absolute Gasteiger partial charge is 0.504 e. The van der Waals surface area contributed by atoms with E-state index in [9.17, 15) is 18.3 Å². The Bertz CT molecular complexity index is 1060. The zero-order valence-corrected chi connectivity index (χ0v) is 15.2. The van der Waals surface area contributed by atoms with Crippen LogP contribution >= 0.6 is 0 Å². The number of benzene rings is 1. The lowest BCUT2D eigenvalue weighted by atomic mass is 9.87. The SMILES string of the molecule is Nc1nnc(-c2cccc(F)c2O)cc1-c1cc([C@H]2CCNCC2(F)F)ccn1. The molecular formula is C20H18F3N5O. The first-order chi connectivity index (χ1) is 13.9. The van der Waals surface area contributed by atoms with Gasteiger partial charge in [0.05, 0.1) is 23.9 Å². The number of nitrogen functional groups attached to an aromatic ring is 1. The first kappa shape index (κ1) is 19.1. The molecule has 1 atom stereocenters. The van der Waals surface area contributed by atoms with Crippen molar-refractivity contribution in [3.63, 3.8) is 0 Å². The molecule has 3 heterocycles. The Kier molecular flexibility index (Phi) is 4.83. The highest BCUT2D eigenvalue weighted by atomic mass is 19.3. The lowest BCUT2D eigenvalue weighted by Gasteiger charge is -2.32.